The lowest BCUT2D eigenvalue weighted by molar-refractivity contribution is -0.137. The molecule has 0 atom stereocenters. The third-order valence-corrected chi connectivity index (χ3v) is 3.25. The van der Waals surface area contributed by atoms with Gasteiger partial charge in [-0.25, -0.2) is 8.78 Å². The van der Waals surface area contributed by atoms with Gasteiger partial charge in [0, 0.05) is 18.5 Å². The van der Waals surface area contributed by atoms with E-state index in [-0.39, 0.29) is 24.3 Å². The van der Waals surface area contributed by atoms with Crippen molar-refractivity contribution in [2.24, 2.45) is 0 Å². The zero-order valence-electron chi connectivity index (χ0n) is 12.4. The minimum atomic E-state index is -0.781. The van der Waals surface area contributed by atoms with Crippen LogP contribution in [-0.4, -0.2) is 23.5 Å². The number of carbonyl (C=O) groups excluding carboxylic acids is 1. The second-order valence-corrected chi connectivity index (χ2v) is 5.17. The van der Waals surface area contributed by atoms with Gasteiger partial charge in [0.1, 0.15) is 11.6 Å². The first-order valence-corrected chi connectivity index (χ1v) is 7.41. The summed E-state index contributed by atoms with van der Waals surface area (Å²) >= 11 is 0. The summed E-state index contributed by atoms with van der Waals surface area (Å²) < 4.78 is 26.3. The second-order valence-electron chi connectivity index (χ2n) is 5.17. The molecule has 0 unspecified atom stereocenters. The number of unbranched alkanes of at least 4 members (excludes halogenated alkanes) is 4. The number of hydrogen-bond donors (Lipinski definition) is 2. The first-order chi connectivity index (χ1) is 10.5. The molecule has 0 spiro atoms. The average Bonchev–Trinajstić information content (AvgIpc) is 2.45. The van der Waals surface area contributed by atoms with E-state index in [4.69, 9.17) is 5.11 Å². The Balaban J connectivity index is 2.11. The minimum absolute atomic E-state index is 0.0474. The Kier molecular flexibility index (Phi) is 8.10. The van der Waals surface area contributed by atoms with E-state index in [0.717, 1.165) is 43.9 Å². The molecule has 0 aliphatic carbocycles. The quantitative estimate of drug-likeness (QED) is 0.652. The summed E-state index contributed by atoms with van der Waals surface area (Å²) in [4.78, 5) is 21.9. The van der Waals surface area contributed by atoms with Crippen LogP contribution in [0.25, 0.3) is 0 Å². The third-order valence-electron chi connectivity index (χ3n) is 3.25. The smallest absolute Gasteiger partial charge is 0.303 e. The fraction of sp³-hybridized carbons (Fsp3) is 0.500. The SMILES string of the molecule is O=C(O)CCCCCCCNC(=O)Cc1cc(F)ccc1F. The van der Waals surface area contributed by atoms with E-state index >= 15 is 0 Å². The summed E-state index contributed by atoms with van der Waals surface area (Å²) in [6.07, 6.45) is 4.13. The zero-order valence-corrected chi connectivity index (χ0v) is 12.4. The van der Waals surface area contributed by atoms with Crippen LogP contribution in [0.3, 0.4) is 0 Å². The topological polar surface area (TPSA) is 66.4 Å². The molecule has 0 bridgehead atoms. The van der Waals surface area contributed by atoms with Crippen molar-refractivity contribution in [3.05, 3.63) is 35.4 Å². The van der Waals surface area contributed by atoms with E-state index in [1.807, 2.05) is 0 Å². The molecule has 4 nitrogen and oxygen atoms in total. The Labute approximate surface area is 128 Å². The number of nitrogens with one attached hydrogen (secondary N) is 1. The van der Waals surface area contributed by atoms with Crippen LogP contribution in [0.5, 0.6) is 0 Å². The third kappa shape index (κ3) is 7.71. The number of carboxylic acids is 1. The summed E-state index contributed by atoms with van der Waals surface area (Å²) in [7, 11) is 0. The number of benzene rings is 1. The maximum atomic E-state index is 13.4. The Morgan fingerprint density at radius 2 is 1.73 bits per heavy atom. The lowest BCUT2D eigenvalue weighted by atomic mass is 10.1. The van der Waals surface area contributed by atoms with Gasteiger partial charge in [-0.15, -0.1) is 0 Å². The van der Waals surface area contributed by atoms with E-state index in [1.54, 1.807) is 0 Å². The fourth-order valence-corrected chi connectivity index (χ4v) is 2.07. The number of hydrogen-bond acceptors (Lipinski definition) is 2. The van der Waals surface area contributed by atoms with Crippen LogP contribution in [0.2, 0.25) is 0 Å². The lowest BCUT2D eigenvalue weighted by Crippen LogP contribution is -2.26. The highest BCUT2D eigenvalue weighted by atomic mass is 19.1. The Hall–Kier alpha value is -1.98. The first-order valence-electron chi connectivity index (χ1n) is 7.41. The molecular weight excluding hydrogens is 292 g/mol. The fourth-order valence-electron chi connectivity index (χ4n) is 2.07. The van der Waals surface area contributed by atoms with Gasteiger partial charge in [0.2, 0.25) is 5.91 Å². The van der Waals surface area contributed by atoms with Gasteiger partial charge in [0.05, 0.1) is 6.42 Å². The van der Waals surface area contributed by atoms with Crippen LogP contribution in [0.1, 0.15) is 44.1 Å². The second kappa shape index (κ2) is 9.87. The van der Waals surface area contributed by atoms with Gasteiger partial charge in [-0.05, 0) is 31.0 Å². The maximum Gasteiger partial charge on any atom is 0.303 e. The molecule has 1 aromatic rings. The average molecular weight is 313 g/mol. The van der Waals surface area contributed by atoms with E-state index in [0.29, 0.717) is 13.0 Å². The standard InChI is InChI=1S/C16H21F2NO3/c17-13-7-8-14(18)12(10-13)11-15(20)19-9-5-3-1-2-4-6-16(21)22/h7-8,10H,1-6,9,11H2,(H,19,20)(H,21,22). The van der Waals surface area contributed by atoms with Crippen molar-refractivity contribution in [3.63, 3.8) is 0 Å². The normalized spacial score (nSPS) is 10.5. The summed E-state index contributed by atoms with van der Waals surface area (Å²) in [5.41, 5.74) is 0.0474. The van der Waals surface area contributed by atoms with Crippen molar-refractivity contribution in [3.8, 4) is 0 Å². The number of carboxylic acid groups (broad SMARTS) is 1. The number of halogens is 2. The van der Waals surface area contributed by atoms with Crippen LogP contribution in [0.4, 0.5) is 8.78 Å². The molecule has 0 heterocycles. The molecule has 0 saturated heterocycles. The van der Waals surface area contributed by atoms with E-state index in [2.05, 4.69) is 5.32 Å². The van der Waals surface area contributed by atoms with Crippen molar-refractivity contribution < 1.29 is 23.5 Å². The molecule has 6 heteroatoms. The largest absolute Gasteiger partial charge is 0.481 e. The molecule has 0 aliphatic heterocycles. The minimum Gasteiger partial charge on any atom is -0.481 e. The van der Waals surface area contributed by atoms with Gasteiger partial charge in [-0.1, -0.05) is 19.3 Å². The van der Waals surface area contributed by atoms with Crippen LogP contribution in [0, 0.1) is 11.6 Å². The van der Waals surface area contributed by atoms with E-state index < -0.39 is 17.6 Å². The highest BCUT2D eigenvalue weighted by Gasteiger charge is 2.08. The summed E-state index contributed by atoms with van der Waals surface area (Å²) in [6.45, 7) is 0.481. The van der Waals surface area contributed by atoms with Crippen LogP contribution < -0.4 is 5.32 Å². The van der Waals surface area contributed by atoms with Crippen LogP contribution in [-0.2, 0) is 16.0 Å². The maximum absolute atomic E-state index is 13.4. The summed E-state index contributed by atoms with van der Waals surface area (Å²) in [6, 6.07) is 3.05. The van der Waals surface area contributed by atoms with Gasteiger partial charge < -0.3 is 10.4 Å². The van der Waals surface area contributed by atoms with Gasteiger partial charge in [-0.2, -0.15) is 0 Å². The predicted molar refractivity (Wildman–Crippen MR) is 78.4 cm³/mol. The Morgan fingerprint density at radius 3 is 2.45 bits per heavy atom. The number of carbonyl (C=O) groups is 2. The van der Waals surface area contributed by atoms with Crippen molar-refractivity contribution in [1.29, 1.82) is 0 Å². The first kappa shape index (κ1) is 18.1. The Bertz CT molecular complexity index is 506. The molecule has 0 fully saturated rings. The highest BCUT2D eigenvalue weighted by molar-refractivity contribution is 5.78. The number of aliphatic carboxylic acids is 1. The van der Waals surface area contributed by atoms with Crippen molar-refractivity contribution in [2.45, 2.75) is 44.9 Å². The molecule has 0 saturated carbocycles. The number of rotatable bonds is 10. The van der Waals surface area contributed by atoms with Crippen LogP contribution >= 0.6 is 0 Å². The highest BCUT2D eigenvalue weighted by Crippen LogP contribution is 2.10. The molecule has 1 amide bonds. The summed E-state index contributed by atoms with van der Waals surface area (Å²) in [5.74, 6) is -2.27. The molecule has 122 valence electrons. The molecule has 2 N–H and O–H groups in total. The van der Waals surface area contributed by atoms with Crippen molar-refractivity contribution in [2.75, 3.05) is 6.54 Å². The van der Waals surface area contributed by atoms with Crippen molar-refractivity contribution >= 4 is 11.9 Å². The lowest BCUT2D eigenvalue weighted by Gasteiger charge is -2.06. The molecular formula is C16H21F2NO3. The summed E-state index contributed by atoms with van der Waals surface area (Å²) in [5, 5.41) is 11.1. The van der Waals surface area contributed by atoms with Crippen molar-refractivity contribution in [1.82, 2.24) is 5.32 Å². The van der Waals surface area contributed by atoms with E-state index in [1.165, 1.54) is 0 Å². The monoisotopic (exact) mass is 313 g/mol. The Morgan fingerprint density at radius 1 is 1.05 bits per heavy atom. The number of amides is 1. The molecule has 1 rings (SSSR count). The van der Waals surface area contributed by atoms with Gasteiger partial charge in [-0.3, -0.25) is 9.59 Å². The molecule has 0 aromatic heterocycles. The van der Waals surface area contributed by atoms with E-state index in [9.17, 15) is 18.4 Å². The molecule has 0 aliphatic rings. The molecule has 0 radical (unpaired) electrons. The predicted octanol–water partition coefficient (Wildman–Crippen LogP) is 3.05. The molecule has 1 aromatic carbocycles. The molecule has 22 heavy (non-hydrogen) atoms. The van der Waals surface area contributed by atoms with Crippen LogP contribution in [0.15, 0.2) is 18.2 Å². The van der Waals surface area contributed by atoms with Gasteiger partial charge in [0.15, 0.2) is 0 Å². The van der Waals surface area contributed by atoms with Gasteiger partial charge >= 0.3 is 5.97 Å². The zero-order chi connectivity index (χ0) is 16.4. The van der Waals surface area contributed by atoms with Gasteiger partial charge in [0.25, 0.3) is 0 Å².